The van der Waals surface area contributed by atoms with Crippen molar-refractivity contribution >= 4 is 5.91 Å². The molecule has 2 aliphatic rings. The molecule has 110 valence electrons. The van der Waals surface area contributed by atoms with Crippen LogP contribution in [0.25, 0.3) is 0 Å². The van der Waals surface area contributed by atoms with Crippen molar-refractivity contribution in [2.24, 2.45) is 7.05 Å². The average molecular weight is 276 g/mol. The lowest BCUT2D eigenvalue weighted by Crippen LogP contribution is -2.39. The van der Waals surface area contributed by atoms with Crippen LogP contribution in [0.3, 0.4) is 0 Å². The van der Waals surface area contributed by atoms with Crippen LogP contribution in [-0.2, 0) is 24.8 Å². The largest absolute Gasteiger partial charge is 0.343 e. The van der Waals surface area contributed by atoms with Crippen molar-refractivity contribution in [1.82, 2.24) is 19.4 Å². The van der Waals surface area contributed by atoms with Crippen LogP contribution >= 0.6 is 0 Å². The Hall–Kier alpha value is -1.36. The molecule has 1 aromatic rings. The molecule has 0 aromatic carbocycles. The van der Waals surface area contributed by atoms with E-state index in [1.54, 1.807) is 0 Å². The molecule has 0 aliphatic carbocycles. The Bertz CT molecular complexity index is 476. The highest BCUT2D eigenvalue weighted by atomic mass is 16.2. The zero-order valence-corrected chi connectivity index (χ0v) is 12.3. The fraction of sp³-hybridized carbons (Fsp3) is 0.733. The molecule has 0 saturated carbocycles. The molecule has 0 N–H and O–H groups in total. The third kappa shape index (κ3) is 2.87. The Morgan fingerprint density at radius 2 is 2.05 bits per heavy atom. The van der Waals surface area contributed by atoms with Gasteiger partial charge in [0.15, 0.2) is 0 Å². The van der Waals surface area contributed by atoms with E-state index in [0.29, 0.717) is 12.3 Å². The standard InChI is InChI=1S/C15H24N4O/c1-17-12-16-13-11-18(9-5-14(13)17)10-6-15(20)19-7-3-2-4-8-19/h12H,2-11H2,1H3. The first-order valence-corrected chi connectivity index (χ1v) is 7.73. The fourth-order valence-electron chi connectivity index (χ4n) is 3.26. The molecular formula is C15H24N4O. The maximum Gasteiger partial charge on any atom is 0.223 e. The smallest absolute Gasteiger partial charge is 0.223 e. The van der Waals surface area contributed by atoms with Crippen LogP contribution in [-0.4, -0.2) is 51.4 Å². The second kappa shape index (κ2) is 5.95. The number of rotatable bonds is 3. The normalized spacial score (nSPS) is 19.9. The van der Waals surface area contributed by atoms with Gasteiger partial charge in [-0.1, -0.05) is 0 Å². The molecule has 1 amide bonds. The molecule has 5 heteroatoms. The molecule has 0 atom stereocenters. The molecule has 5 nitrogen and oxygen atoms in total. The monoisotopic (exact) mass is 276 g/mol. The van der Waals surface area contributed by atoms with Crippen molar-refractivity contribution in [3.05, 3.63) is 17.7 Å². The van der Waals surface area contributed by atoms with E-state index in [-0.39, 0.29) is 0 Å². The van der Waals surface area contributed by atoms with Crippen LogP contribution in [0.4, 0.5) is 0 Å². The lowest BCUT2D eigenvalue weighted by molar-refractivity contribution is -0.132. The minimum atomic E-state index is 0.330. The van der Waals surface area contributed by atoms with E-state index >= 15 is 0 Å². The zero-order valence-electron chi connectivity index (χ0n) is 12.3. The maximum absolute atomic E-state index is 12.2. The third-order valence-electron chi connectivity index (χ3n) is 4.53. The molecule has 0 radical (unpaired) electrons. The van der Waals surface area contributed by atoms with Gasteiger partial charge in [0.2, 0.25) is 5.91 Å². The van der Waals surface area contributed by atoms with Gasteiger partial charge in [0.25, 0.3) is 0 Å². The van der Waals surface area contributed by atoms with E-state index in [1.165, 1.54) is 30.7 Å². The first-order valence-electron chi connectivity index (χ1n) is 7.73. The van der Waals surface area contributed by atoms with Gasteiger partial charge >= 0.3 is 0 Å². The quantitative estimate of drug-likeness (QED) is 0.832. The van der Waals surface area contributed by atoms with Gasteiger partial charge < -0.3 is 9.47 Å². The Morgan fingerprint density at radius 1 is 1.25 bits per heavy atom. The molecule has 3 heterocycles. The fourth-order valence-corrected chi connectivity index (χ4v) is 3.26. The molecule has 1 aromatic heterocycles. The second-order valence-corrected chi connectivity index (χ2v) is 5.97. The highest BCUT2D eigenvalue weighted by molar-refractivity contribution is 5.76. The summed E-state index contributed by atoms with van der Waals surface area (Å²) in [5, 5.41) is 0. The first-order chi connectivity index (χ1) is 9.74. The van der Waals surface area contributed by atoms with Gasteiger partial charge in [0, 0.05) is 58.3 Å². The minimum Gasteiger partial charge on any atom is -0.343 e. The van der Waals surface area contributed by atoms with Crippen molar-refractivity contribution in [3.63, 3.8) is 0 Å². The van der Waals surface area contributed by atoms with Gasteiger partial charge in [-0.2, -0.15) is 0 Å². The lowest BCUT2D eigenvalue weighted by atomic mass is 10.1. The van der Waals surface area contributed by atoms with Crippen molar-refractivity contribution in [1.29, 1.82) is 0 Å². The second-order valence-electron chi connectivity index (χ2n) is 5.97. The summed E-state index contributed by atoms with van der Waals surface area (Å²) in [4.78, 5) is 21.0. The summed E-state index contributed by atoms with van der Waals surface area (Å²) < 4.78 is 2.12. The van der Waals surface area contributed by atoms with Crippen LogP contribution in [0.1, 0.15) is 37.1 Å². The van der Waals surface area contributed by atoms with E-state index in [1.807, 2.05) is 11.2 Å². The van der Waals surface area contributed by atoms with Gasteiger partial charge in [-0.15, -0.1) is 0 Å². The molecule has 20 heavy (non-hydrogen) atoms. The summed E-state index contributed by atoms with van der Waals surface area (Å²) in [6, 6.07) is 0. The van der Waals surface area contributed by atoms with Gasteiger partial charge in [-0.05, 0) is 19.3 Å². The Labute approximate surface area is 120 Å². The number of carbonyl (C=O) groups excluding carboxylic acids is 1. The van der Waals surface area contributed by atoms with Crippen LogP contribution < -0.4 is 0 Å². The lowest BCUT2D eigenvalue weighted by Gasteiger charge is -2.29. The third-order valence-corrected chi connectivity index (χ3v) is 4.53. The Morgan fingerprint density at radius 3 is 2.85 bits per heavy atom. The van der Waals surface area contributed by atoms with E-state index in [0.717, 1.165) is 39.1 Å². The predicted molar refractivity (Wildman–Crippen MR) is 77.2 cm³/mol. The average Bonchev–Trinajstić information content (AvgIpc) is 2.87. The number of amides is 1. The molecule has 1 saturated heterocycles. The molecule has 0 bridgehead atoms. The SMILES string of the molecule is Cn1cnc2c1CCN(CCC(=O)N1CCCCC1)C2. The zero-order chi connectivity index (χ0) is 13.9. The highest BCUT2D eigenvalue weighted by Crippen LogP contribution is 2.17. The number of aromatic nitrogens is 2. The van der Waals surface area contributed by atoms with Crippen LogP contribution in [0.2, 0.25) is 0 Å². The molecule has 2 aliphatic heterocycles. The summed E-state index contributed by atoms with van der Waals surface area (Å²) >= 11 is 0. The molecule has 0 spiro atoms. The van der Waals surface area contributed by atoms with Crippen molar-refractivity contribution in [2.45, 2.75) is 38.6 Å². The number of piperidine rings is 1. The van der Waals surface area contributed by atoms with E-state index in [4.69, 9.17) is 0 Å². The number of hydrogen-bond acceptors (Lipinski definition) is 3. The molecule has 1 fully saturated rings. The van der Waals surface area contributed by atoms with Crippen LogP contribution in [0.5, 0.6) is 0 Å². The maximum atomic E-state index is 12.2. The number of nitrogens with zero attached hydrogens (tertiary/aromatic N) is 4. The highest BCUT2D eigenvalue weighted by Gasteiger charge is 2.22. The predicted octanol–water partition coefficient (Wildman–Crippen LogP) is 1.18. The topological polar surface area (TPSA) is 41.4 Å². The van der Waals surface area contributed by atoms with E-state index in [2.05, 4.69) is 21.5 Å². The van der Waals surface area contributed by atoms with Crippen LogP contribution in [0, 0.1) is 0 Å². The number of fused-ring (bicyclic) bond motifs is 1. The van der Waals surface area contributed by atoms with E-state index < -0.39 is 0 Å². The van der Waals surface area contributed by atoms with Gasteiger partial charge in [0.1, 0.15) is 0 Å². The van der Waals surface area contributed by atoms with Gasteiger partial charge in [-0.3, -0.25) is 9.69 Å². The number of carbonyl (C=O) groups is 1. The van der Waals surface area contributed by atoms with Crippen LogP contribution in [0.15, 0.2) is 6.33 Å². The molecule has 0 unspecified atom stereocenters. The van der Waals surface area contributed by atoms with Crippen molar-refractivity contribution in [3.8, 4) is 0 Å². The number of likely N-dealkylation sites (tertiary alicyclic amines) is 1. The summed E-state index contributed by atoms with van der Waals surface area (Å²) in [6.45, 7) is 4.72. The number of imidazole rings is 1. The summed E-state index contributed by atoms with van der Waals surface area (Å²) in [5.74, 6) is 0.330. The van der Waals surface area contributed by atoms with E-state index in [9.17, 15) is 4.79 Å². The summed E-state index contributed by atoms with van der Waals surface area (Å²) in [7, 11) is 2.06. The van der Waals surface area contributed by atoms with Gasteiger partial charge in [0.05, 0.1) is 12.0 Å². The Balaban J connectivity index is 1.48. The minimum absolute atomic E-state index is 0.330. The number of aryl methyl sites for hydroxylation is 1. The summed E-state index contributed by atoms with van der Waals surface area (Å²) in [6.07, 6.45) is 7.22. The molecular weight excluding hydrogens is 252 g/mol. The van der Waals surface area contributed by atoms with Crippen molar-refractivity contribution in [2.75, 3.05) is 26.2 Å². The molecule has 3 rings (SSSR count). The first kappa shape index (κ1) is 13.6. The van der Waals surface area contributed by atoms with Crippen molar-refractivity contribution < 1.29 is 4.79 Å². The van der Waals surface area contributed by atoms with Gasteiger partial charge in [-0.25, -0.2) is 4.98 Å². The summed E-state index contributed by atoms with van der Waals surface area (Å²) in [5.41, 5.74) is 2.53. The number of hydrogen-bond donors (Lipinski definition) is 0. The Kier molecular flexibility index (Phi) is 4.05.